The van der Waals surface area contributed by atoms with Crippen molar-refractivity contribution in [2.75, 3.05) is 33.4 Å². The first-order chi connectivity index (χ1) is 11.6. The molecular weight excluding hydrogens is 378 g/mol. The fourth-order valence-corrected chi connectivity index (χ4v) is 3.02. The molecule has 1 saturated heterocycles. The average molecular weight is 400 g/mol. The van der Waals surface area contributed by atoms with Gasteiger partial charge in [0.1, 0.15) is 12.4 Å². The summed E-state index contributed by atoms with van der Waals surface area (Å²) < 4.78 is 11.4. The van der Waals surface area contributed by atoms with Gasteiger partial charge in [-0.15, -0.1) is 0 Å². The van der Waals surface area contributed by atoms with Gasteiger partial charge >= 0.3 is 0 Å². The summed E-state index contributed by atoms with van der Waals surface area (Å²) in [6.45, 7) is 1.85. The largest absolute Gasteiger partial charge is 0.490 e. The summed E-state index contributed by atoms with van der Waals surface area (Å²) in [6, 6.07) is 5.35. The molecule has 0 saturated carbocycles. The molecule has 1 aliphatic heterocycles. The molecular formula is C16H22BrN3O4. The number of ether oxygens (including phenoxy) is 2. The number of piperidine rings is 1. The lowest BCUT2D eigenvalue weighted by molar-refractivity contribution is -0.126. The van der Waals surface area contributed by atoms with Crippen LogP contribution < -0.4 is 16.0 Å². The summed E-state index contributed by atoms with van der Waals surface area (Å²) in [5.41, 5.74) is 2.68. The summed E-state index contributed by atoms with van der Waals surface area (Å²) in [6.07, 6.45) is 1.20. The van der Waals surface area contributed by atoms with E-state index in [-0.39, 0.29) is 17.7 Å². The van der Waals surface area contributed by atoms with Crippen molar-refractivity contribution in [1.82, 2.24) is 10.3 Å². The van der Waals surface area contributed by atoms with Crippen molar-refractivity contribution in [2.45, 2.75) is 12.8 Å². The summed E-state index contributed by atoms with van der Waals surface area (Å²) in [5.74, 6) is 5.29. The smallest absolute Gasteiger partial charge is 0.257 e. The number of methoxy groups -OCH3 is 1. The fourth-order valence-electron chi connectivity index (χ4n) is 2.66. The minimum absolute atomic E-state index is 0.102. The Morgan fingerprint density at radius 3 is 2.67 bits per heavy atom. The molecule has 0 aliphatic carbocycles. The zero-order valence-electron chi connectivity index (χ0n) is 13.6. The summed E-state index contributed by atoms with van der Waals surface area (Å²) in [7, 11) is 1.60. The molecule has 3 N–H and O–H groups in total. The van der Waals surface area contributed by atoms with Crippen LogP contribution in [0.4, 0.5) is 0 Å². The van der Waals surface area contributed by atoms with Gasteiger partial charge in [-0.1, -0.05) is 15.9 Å². The van der Waals surface area contributed by atoms with Crippen molar-refractivity contribution in [2.24, 2.45) is 11.8 Å². The number of benzene rings is 1. The zero-order chi connectivity index (χ0) is 17.5. The molecule has 0 unspecified atom stereocenters. The maximum Gasteiger partial charge on any atom is 0.257 e. The Morgan fingerprint density at radius 1 is 1.33 bits per heavy atom. The lowest BCUT2D eigenvalue weighted by Gasteiger charge is -2.31. The number of carbonyl (C=O) groups is 2. The number of rotatable bonds is 6. The number of nitrogens with one attached hydrogen (secondary N) is 1. The molecule has 2 rings (SSSR count). The van der Waals surface area contributed by atoms with Crippen LogP contribution in [-0.4, -0.2) is 50.1 Å². The van der Waals surface area contributed by atoms with Gasteiger partial charge in [0.2, 0.25) is 5.91 Å². The van der Waals surface area contributed by atoms with Crippen molar-refractivity contribution < 1.29 is 19.1 Å². The zero-order valence-corrected chi connectivity index (χ0v) is 15.2. The van der Waals surface area contributed by atoms with E-state index < -0.39 is 0 Å². The molecule has 2 amide bonds. The maximum atomic E-state index is 12.8. The molecule has 0 atom stereocenters. The molecule has 0 aromatic heterocycles. The highest BCUT2D eigenvalue weighted by atomic mass is 79.9. The average Bonchev–Trinajstić information content (AvgIpc) is 2.62. The molecule has 24 heavy (non-hydrogen) atoms. The number of hydrazine groups is 1. The highest BCUT2D eigenvalue weighted by Crippen LogP contribution is 2.27. The number of hydrogen-bond donors (Lipinski definition) is 2. The minimum atomic E-state index is -0.173. The van der Waals surface area contributed by atoms with Gasteiger partial charge < -0.3 is 14.4 Å². The number of carbonyl (C=O) groups excluding carboxylic acids is 2. The quantitative estimate of drug-likeness (QED) is 0.325. The molecule has 1 fully saturated rings. The van der Waals surface area contributed by atoms with Crippen molar-refractivity contribution in [3.05, 3.63) is 28.2 Å². The molecule has 8 heteroatoms. The molecule has 1 aromatic carbocycles. The minimum Gasteiger partial charge on any atom is -0.490 e. The second-order valence-corrected chi connectivity index (χ2v) is 6.47. The molecule has 0 spiro atoms. The van der Waals surface area contributed by atoms with E-state index in [0.717, 1.165) is 4.47 Å². The summed E-state index contributed by atoms with van der Waals surface area (Å²) in [4.78, 5) is 26.1. The van der Waals surface area contributed by atoms with E-state index in [4.69, 9.17) is 15.3 Å². The topological polar surface area (TPSA) is 93.9 Å². The van der Waals surface area contributed by atoms with Crippen LogP contribution in [0.25, 0.3) is 0 Å². The van der Waals surface area contributed by atoms with Crippen LogP contribution in [0.3, 0.4) is 0 Å². The van der Waals surface area contributed by atoms with E-state index in [2.05, 4.69) is 21.4 Å². The number of halogens is 1. The van der Waals surface area contributed by atoms with Gasteiger partial charge in [-0.3, -0.25) is 15.0 Å². The van der Waals surface area contributed by atoms with Gasteiger partial charge in [-0.25, -0.2) is 5.84 Å². The lowest BCUT2D eigenvalue weighted by Crippen LogP contribution is -2.44. The SMILES string of the molecule is COCCOc1ccc(Br)cc1C(=O)N1CCC(C(=O)NN)CC1. The molecule has 0 bridgehead atoms. The van der Waals surface area contributed by atoms with Gasteiger partial charge in [-0.05, 0) is 31.0 Å². The molecule has 0 radical (unpaired) electrons. The van der Waals surface area contributed by atoms with Gasteiger partial charge in [0.25, 0.3) is 5.91 Å². The second-order valence-electron chi connectivity index (χ2n) is 5.56. The molecule has 132 valence electrons. The van der Waals surface area contributed by atoms with Crippen molar-refractivity contribution in [3.63, 3.8) is 0 Å². The van der Waals surface area contributed by atoms with Crippen LogP contribution in [0.15, 0.2) is 22.7 Å². The Balaban J connectivity index is 2.06. The third-order valence-electron chi connectivity index (χ3n) is 4.01. The first kappa shape index (κ1) is 18.7. The Bertz CT molecular complexity index is 589. The van der Waals surface area contributed by atoms with Crippen molar-refractivity contribution in [3.8, 4) is 5.75 Å². The number of likely N-dealkylation sites (tertiary alicyclic amines) is 1. The highest BCUT2D eigenvalue weighted by Gasteiger charge is 2.28. The molecule has 1 aromatic rings. The third kappa shape index (κ3) is 4.68. The standard InChI is InChI=1S/C16H22BrN3O4/c1-23-8-9-24-14-3-2-12(17)10-13(14)16(22)20-6-4-11(5-7-20)15(21)19-18/h2-3,10-11H,4-9,18H2,1H3,(H,19,21). The van der Waals surface area contributed by atoms with Gasteiger partial charge in [-0.2, -0.15) is 0 Å². The van der Waals surface area contributed by atoms with Crippen LogP contribution in [0.1, 0.15) is 23.2 Å². The number of nitrogens with zero attached hydrogens (tertiary/aromatic N) is 1. The van der Waals surface area contributed by atoms with Crippen molar-refractivity contribution >= 4 is 27.7 Å². The molecule has 7 nitrogen and oxygen atoms in total. The van der Waals surface area contributed by atoms with E-state index in [0.29, 0.717) is 50.5 Å². The van der Waals surface area contributed by atoms with Crippen LogP contribution >= 0.6 is 15.9 Å². The number of hydrogen-bond acceptors (Lipinski definition) is 5. The van der Waals surface area contributed by atoms with Gasteiger partial charge in [0.05, 0.1) is 12.2 Å². The van der Waals surface area contributed by atoms with E-state index in [1.54, 1.807) is 24.1 Å². The third-order valence-corrected chi connectivity index (χ3v) is 4.51. The maximum absolute atomic E-state index is 12.8. The predicted octanol–water partition coefficient (Wildman–Crippen LogP) is 1.32. The molecule has 1 aliphatic rings. The Labute approximate surface area is 149 Å². The van der Waals surface area contributed by atoms with Gasteiger partial charge in [0.15, 0.2) is 0 Å². The normalized spacial score (nSPS) is 15.2. The van der Waals surface area contributed by atoms with Crippen LogP contribution in [-0.2, 0) is 9.53 Å². The van der Waals surface area contributed by atoms with Crippen molar-refractivity contribution in [1.29, 1.82) is 0 Å². The van der Waals surface area contributed by atoms with Crippen LogP contribution in [0.5, 0.6) is 5.75 Å². The Morgan fingerprint density at radius 2 is 2.04 bits per heavy atom. The highest BCUT2D eigenvalue weighted by molar-refractivity contribution is 9.10. The molecule has 1 heterocycles. The summed E-state index contributed by atoms with van der Waals surface area (Å²) in [5, 5.41) is 0. The Kier molecular flexibility index (Phi) is 7.01. The number of amides is 2. The van der Waals surface area contributed by atoms with E-state index in [1.165, 1.54) is 0 Å². The fraction of sp³-hybridized carbons (Fsp3) is 0.500. The van der Waals surface area contributed by atoms with E-state index >= 15 is 0 Å². The lowest BCUT2D eigenvalue weighted by atomic mass is 9.95. The predicted molar refractivity (Wildman–Crippen MR) is 92.5 cm³/mol. The monoisotopic (exact) mass is 399 g/mol. The van der Waals surface area contributed by atoms with Gasteiger partial charge in [0, 0.05) is 30.6 Å². The van der Waals surface area contributed by atoms with Crippen LogP contribution in [0.2, 0.25) is 0 Å². The number of nitrogens with two attached hydrogens (primary N) is 1. The second kappa shape index (κ2) is 9.00. The van der Waals surface area contributed by atoms with Crippen LogP contribution in [0, 0.1) is 5.92 Å². The van der Waals surface area contributed by atoms with E-state index in [9.17, 15) is 9.59 Å². The summed E-state index contributed by atoms with van der Waals surface area (Å²) >= 11 is 3.39. The first-order valence-corrected chi connectivity index (χ1v) is 8.57. The van der Waals surface area contributed by atoms with E-state index in [1.807, 2.05) is 6.07 Å². The Hall–Kier alpha value is -1.64. The first-order valence-electron chi connectivity index (χ1n) is 7.77.